The van der Waals surface area contributed by atoms with Crippen LogP contribution >= 0.6 is 0 Å². The highest BCUT2D eigenvalue weighted by molar-refractivity contribution is 7.90. The molecule has 0 aliphatic heterocycles. The fourth-order valence-electron chi connectivity index (χ4n) is 3.01. The van der Waals surface area contributed by atoms with Gasteiger partial charge in [0.25, 0.3) is 0 Å². The standard InChI is InChI=1S/C18H18FNO2S/c1-12-10-14(11-20-18(12)19)17-5-3-4-16(17)13-6-8-15(9-7-13)23(2,21)22/h6-11H,3-5H2,1-2H3. The van der Waals surface area contributed by atoms with Crippen molar-refractivity contribution in [2.75, 3.05) is 6.26 Å². The lowest BCUT2D eigenvalue weighted by Gasteiger charge is -2.10. The molecule has 2 aromatic rings. The average Bonchev–Trinajstić information content (AvgIpc) is 2.99. The molecule has 1 aliphatic carbocycles. The number of allylic oxidation sites excluding steroid dienone is 2. The molecule has 0 amide bonds. The zero-order valence-corrected chi connectivity index (χ0v) is 14.0. The molecule has 1 heterocycles. The summed E-state index contributed by atoms with van der Waals surface area (Å²) in [6.45, 7) is 1.71. The Hall–Kier alpha value is -2.01. The van der Waals surface area contributed by atoms with Gasteiger partial charge in [0.05, 0.1) is 4.90 Å². The van der Waals surface area contributed by atoms with E-state index in [1.807, 2.05) is 18.2 Å². The van der Waals surface area contributed by atoms with Gasteiger partial charge in [-0.2, -0.15) is 4.39 Å². The van der Waals surface area contributed by atoms with Crippen LogP contribution < -0.4 is 0 Å². The summed E-state index contributed by atoms with van der Waals surface area (Å²) in [7, 11) is -3.19. The molecular weight excluding hydrogens is 313 g/mol. The van der Waals surface area contributed by atoms with Crippen molar-refractivity contribution in [2.24, 2.45) is 0 Å². The minimum atomic E-state index is -3.19. The third-order valence-corrected chi connectivity index (χ3v) is 5.34. The van der Waals surface area contributed by atoms with Gasteiger partial charge in [-0.05, 0) is 66.7 Å². The molecule has 1 aromatic carbocycles. The number of rotatable bonds is 3. The zero-order valence-electron chi connectivity index (χ0n) is 13.1. The van der Waals surface area contributed by atoms with Crippen molar-refractivity contribution in [2.45, 2.75) is 31.1 Å². The number of benzene rings is 1. The van der Waals surface area contributed by atoms with Gasteiger partial charge in [0.2, 0.25) is 5.95 Å². The number of halogens is 1. The Bertz CT molecular complexity index is 884. The zero-order chi connectivity index (χ0) is 16.6. The summed E-state index contributed by atoms with van der Waals surface area (Å²) in [6, 6.07) is 8.80. The maximum absolute atomic E-state index is 13.4. The molecule has 23 heavy (non-hydrogen) atoms. The van der Waals surface area contributed by atoms with Crippen LogP contribution in [0.1, 0.15) is 36.0 Å². The van der Waals surface area contributed by atoms with Gasteiger partial charge >= 0.3 is 0 Å². The first-order valence-electron chi connectivity index (χ1n) is 7.51. The van der Waals surface area contributed by atoms with Crippen LogP contribution in [0.2, 0.25) is 0 Å². The molecular formula is C18H18FNO2S. The van der Waals surface area contributed by atoms with Gasteiger partial charge in [-0.15, -0.1) is 0 Å². The van der Waals surface area contributed by atoms with E-state index < -0.39 is 15.8 Å². The summed E-state index contributed by atoms with van der Waals surface area (Å²) >= 11 is 0. The third kappa shape index (κ3) is 3.20. The summed E-state index contributed by atoms with van der Waals surface area (Å²) < 4.78 is 36.5. The number of hydrogen-bond acceptors (Lipinski definition) is 3. The van der Waals surface area contributed by atoms with Crippen molar-refractivity contribution in [1.82, 2.24) is 4.98 Å². The van der Waals surface area contributed by atoms with E-state index in [4.69, 9.17) is 0 Å². The van der Waals surface area contributed by atoms with E-state index in [1.165, 1.54) is 17.4 Å². The Balaban J connectivity index is 2.04. The van der Waals surface area contributed by atoms with E-state index in [0.717, 1.165) is 30.4 Å². The SMILES string of the molecule is Cc1cc(C2=C(c3ccc(S(C)(=O)=O)cc3)CCC2)cnc1F. The largest absolute Gasteiger partial charge is 0.227 e. The number of nitrogens with zero attached hydrogens (tertiary/aromatic N) is 1. The first-order chi connectivity index (χ1) is 10.9. The number of pyridine rings is 1. The minimum Gasteiger partial charge on any atom is -0.227 e. The number of sulfone groups is 1. The smallest absolute Gasteiger partial charge is 0.215 e. The van der Waals surface area contributed by atoms with Crippen molar-refractivity contribution < 1.29 is 12.8 Å². The molecule has 120 valence electrons. The molecule has 0 N–H and O–H groups in total. The topological polar surface area (TPSA) is 47.0 Å². The maximum Gasteiger partial charge on any atom is 0.215 e. The summed E-state index contributed by atoms with van der Waals surface area (Å²) in [5, 5.41) is 0. The second kappa shape index (κ2) is 5.89. The molecule has 0 saturated carbocycles. The first kappa shape index (κ1) is 15.9. The summed E-state index contributed by atoms with van der Waals surface area (Å²) in [5.74, 6) is -0.439. The van der Waals surface area contributed by atoms with Gasteiger partial charge < -0.3 is 0 Å². The quantitative estimate of drug-likeness (QED) is 0.798. The second-order valence-corrected chi connectivity index (χ2v) is 7.95. The highest BCUT2D eigenvalue weighted by atomic mass is 32.2. The Kier molecular flexibility index (Phi) is 4.06. The highest BCUT2D eigenvalue weighted by Crippen LogP contribution is 2.39. The van der Waals surface area contributed by atoms with Gasteiger partial charge in [0.15, 0.2) is 9.84 Å². The lowest BCUT2D eigenvalue weighted by atomic mass is 9.97. The van der Waals surface area contributed by atoms with Crippen LogP contribution in [0.25, 0.3) is 11.1 Å². The lowest BCUT2D eigenvalue weighted by Crippen LogP contribution is -1.97. The Morgan fingerprint density at radius 2 is 1.65 bits per heavy atom. The van der Waals surface area contributed by atoms with Crippen molar-refractivity contribution in [3.05, 3.63) is 59.2 Å². The predicted molar refractivity (Wildman–Crippen MR) is 89.1 cm³/mol. The lowest BCUT2D eigenvalue weighted by molar-refractivity contribution is 0.574. The Morgan fingerprint density at radius 1 is 1.04 bits per heavy atom. The molecule has 0 fully saturated rings. The van der Waals surface area contributed by atoms with Gasteiger partial charge in [0, 0.05) is 18.0 Å². The summed E-state index contributed by atoms with van der Waals surface area (Å²) in [5.41, 5.74) is 4.87. The molecule has 1 aliphatic rings. The van der Waals surface area contributed by atoms with E-state index >= 15 is 0 Å². The van der Waals surface area contributed by atoms with Gasteiger partial charge in [-0.25, -0.2) is 13.4 Å². The molecule has 3 rings (SSSR count). The van der Waals surface area contributed by atoms with Crippen LogP contribution in [-0.4, -0.2) is 19.7 Å². The van der Waals surface area contributed by atoms with E-state index in [9.17, 15) is 12.8 Å². The van der Waals surface area contributed by atoms with Gasteiger partial charge in [-0.3, -0.25) is 0 Å². The van der Waals surface area contributed by atoms with E-state index in [2.05, 4.69) is 4.98 Å². The maximum atomic E-state index is 13.4. The van der Waals surface area contributed by atoms with Crippen LogP contribution in [0.3, 0.4) is 0 Å². The van der Waals surface area contributed by atoms with Crippen LogP contribution in [0, 0.1) is 12.9 Å². The number of aryl methyl sites for hydroxylation is 1. The Morgan fingerprint density at radius 3 is 2.22 bits per heavy atom. The van der Waals surface area contributed by atoms with Crippen molar-refractivity contribution in [3.63, 3.8) is 0 Å². The monoisotopic (exact) mass is 331 g/mol. The molecule has 3 nitrogen and oxygen atoms in total. The van der Waals surface area contributed by atoms with E-state index in [1.54, 1.807) is 25.3 Å². The van der Waals surface area contributed by atoms with E-state index in [0.29, 0.717) is 10.5 Å². The van der Waals surface area contributed by atoms with Crippen LogP contribution in [0.15, 0.2) is 41.4 Å². The minimum absolute atomic E-state index is 0.320. The Labute approximate surface area is 135 Å². The highest BCUT2D eigenvalue weighted by Gasteiger charge is 2.19. The average molecular weight is 331 g/mol. The molecule has 1 aromatic heterocycles. The summed E-state index contributed by atoms with van der Waals surface area (Å²) in [4.78, 5) is 4.14. The normalized spacial score (nSPS) is 15.3. The molecule has 0 atom stereocenters. The summed E-state index contributed by atoms with van der Waals surface area (Å²) in [6.07, 6.45) is 5.68. The van der Waals surface area contributed by atoms with Crippen molar-refractivity contribution in [3.8, 4) is 0 Å². The molecule has 5 heteroatoms. The van der Waals surface area contributed by atoms with Gasteiger partial charge in [0.1, 0.15) is 0 Å². The third-order valence-electron chi connectivity index (χ3n) is 4.21. The molecule has 0 radical (unpaired) electrons. The van der Waals surface area contributed by atoms with Gasteiger partial charge in [-0.1, -0.05) is 12.1 Å². The number of hydrogen-bond donors (Lipinski definition) is 0. The first-order valence-corrected chi connectivity index (χ1v) is 9.40. The number of aromatic nitrogens is 1. The molecule has 0 unspecified atom stereocenters. The fraction of sp³-hybridized carbons (Fsp3) is 0.278. The second-order valence-electron chi connectivity index (χ2n) is 5.94. The molecule has 0 bridgehead atoms. The fourth-order valence-corrected chi connectivity index (χ4v) is 3.64. The van der Waals surface area contributed by atoms with Crippen LogP contribution in [0.5, 0.6) is 0 Å². The van der Waals surface area contributed by atoms with E-state index in [-0.39, 0.29) is 0 Å². The molecule has 0 saturated heterocycles. The van der Waals surface area contributed by atoms with Crippen LogP contribution in [-0.2, 0) is 9.84 Å². The van der Waals surface area contributed by atoms with Crippen molar-refractivity contribution >= 4 is 21.0 Å². The predicted octanol–water partition coefficient (Wildman–Crippen LogP) is 4.03. The van der Waals surface area contributed by atoms with Crippen LogP contribution in [0.4, 0.5) is 4.39 Å². The molecule has 0 spiro atoms. The van der Waals surface area contributed by atoms with Crippen molar-refractivity contribution in [1.29, 1.82) is 0 Å².